The van der Waals surface area contributed by atoms with Gasteiger partial charge in [-0.1, -0.05) is 6.42 Å². The number of fused-ring (bicyclic) bond motifs is 1. The summed E-state index contributed by atoms with van der Waals surface area (Å²) in [4.78, 5) is 25.7. The predicted molar refractivity (Wildman–Crippen MR) is 73.1 cm³/mol. The molecule has 4 atom stereocenters. The number of carbonyl (C=O) groups is 2. The number of nitrogens with one attached hydrogen (secondary N) is 1. The van der Waals surface area contributed by atoms with E-state index in [1.54, 1.807) is 16.7 Å². The zero-order valence-electron chi connectivity index (χ0n) is 10.9. The van der Waals surface area contributed by atoms with Crippen LogP contribution in [0, 0.1) is 11.8 Å². The van der Waals surface area contributed by atoms with Crippen LogP contribution in [0.3, 0.4) is 0 Å². The average molecular weight is 284 g/mol. The maximum Gasteiger partial charge on any atom is 0.326 e. The highest BCUT2D eigenvalue weighted by Gasteiger charge is 2.50. The van der Waals surface area contributed by atoms with Crippen molar-refractivity contribution in [1.82, 2.24) is 10.2 Å². The summed E-state index contributed by atoms with van der Waals surface area (Å²) in [5, 5.41) is 12.7. The largest absolute Gasteiger partial charge is 0.480 e. The Morgan fingerprint density at radius 3 is 2.84 bits per heavy atom. The summed E-state index contributed by atoms with van der Waals surface area (Å²) in [6.45, 7) is 1.48. The third-order valence-corrected chi connectivity index (χ3v) is 5.71. The summed E-state index contributed by atoms with van der Waals surface area (Å²) in [6.07, 6.45) is 3.14. The van der Waals surface area contributed by atoms with E-state index in [2.05, 4.69) is 5.32 Å². The second-order valence-corrected chi connectivity index (χ2v) is 6.86. The molecule has 1 amide bonds. The van der Waals surface area contributed by atoms with Crippen LogP contribution in [-0.4, -0.2) is 58.6 Å². The number of aliphatic carboxylic acids is 1. The first-order chi connectivity index (χ1) is 9.18. The van der Waals surface area contributed by atoms with Gasteiger partial charge in [-0.3, -0.25) is 4.79 Å². The lowest BCUT2D eigenvalue weighted by Crippen LogP contribution is -2.54. The number of thioether (sulfide) groups is 1. The molecule has 2 aliphatic heterocycles. The molecule has 0 aromatic rings. The quantitative estimate of drug-likeness (QED) is 0.768. The summed E-state index contributed by atoms with van der Waals surface area (Å²) in [5.74, 6) is 1.54. The Kier molecular flexibility index (Phi) is 3.71. The first kappa shape index (κ1) is 13.2. The lowest BCUT2D eigenvalue weighted by atomic mass is 9.94. The van der Waals surface area contributed by atoms with E-state index in [0.717, 1.165) is 37.3 Å². The van der Waals surface area contributed by atoms with Crippen LogP contribution in [0.5, 0.6) is 0 Å². The topological polar surface area (TPSA) is 69.6 Å². The minimum absolute atomic E-state index is 0.00556. The molecule has 5 nitrogen and oxygen atoms in total. The van der Waals surface area contributed by atoms with Crippen LogP contribution in [0.25, 0.3) is 0 Å². The van der Waals surface area contributed by atoms with Gasteiger partial charge >= 0.3 is 5.97 Å². The highest BCUT2D eigenvalue weighted by atomic mass is 32.2. The number of carboxylic acids is 1. The van der Waals surface area contributed by atoms with Gasteiger partial charge in [0.05, 0.1) is 6.04 Å². The normalized spacial score (nSPS) is 38.2. The molecule has 2 heterocycles. The first-order valence-corrected chi connectivity index (χ1v) is 8.18. The van der Waals surface area contributed by atoms with Crippen molar-refractivity contribution in [3.63, 3.8) is 0 Å². The number of hydrogen-bond donors (Lipinski definition) is 2. The molecule has 3 rings (SSSR count). The van der Waals surface area contributed by atoms with Gasteiger partial charge in [0.25, 0.3) is 0 Å². The molecule has 1 saturated carbocycles. The zero-order chi connectivity index (χ0) is 13.4. The molecule has 0 aromatic heterocycles. The lowest BCUT2D eigenvalue weighted by Gasteiger charge is -2.30. The van der Waals surface area contributed by atoms with Gasteiger partial charge < -0.3 is 15.3 Å². The molecule has 0 aromatic carbocycles. The Hall–Kier alpha value is -0.750. The smallest absolute Gasteiger partial charge is 0.326 e. The van der Waals surface area contributed by atoms with Crippen LogP contribution in [-0.2, 0) is 9.59 Å². The van der Waals surface area contributed by atoms with E-state index in [-0.39, 0.29) is 17.9 Å². The van der Waals surface area contributed by atoms with Crippen molar-refractivity contribution >= 4 is 23.6 Å². The summed E-state index contributed by atoms with van der Waals surface area (Å²) in [7, 11) is 0. The van der Waals surface area contributed by atoms with Gasteiger partial charge in [-0.05, 0) is 24.7 Å². The molecule has 1 aliphatic carbocycles. The highest BCUT2D eigenvalue weighted by Crippen LogP contribution is 2.42. The van der Waals surface area contributed by atoms with Crippen molar-refractivity contribution in [3.8, 4) is 0 Å². The SMILES string of the molecule is O=C(O)C1C2CCCC2CN1C(=O)C1CSCCN1. The molecule has 0 radical (unpaired) electrons. The highest BCUT2D eigenvalue weighted by molar-refractivity contribution is 7.99. The van der Waals surface area contributed by atoms with Gasteiger partial charge in [0.2, 0.25) is 5.91 Å². The van der Waals surface area contributed by atoms with Gasteiger partial charge in [-0.25, -0.2) is 4.79 Å². The van der Waals surface area contributed by atoms with Crippen molar-refractivity contribution in [3.05, 3.63) is 0 Å². The summed E-state index contributed by atoms with van der Waals surface area (Å²) in [5.41, 5.74) is 0. The van der Waals surface area contributed by atoms with Crippen molar-refractivity contribution in [2.24, 2.45) is 11.8 Å². The standard InChI is InChI=1S/C13H20N2O3S/c16-12(10-7-19-5-4-14-10)15-6-8-2-1-3-9(8)11(15)13(17)18/h8-11,14H,1-7H2,(H,17,18). The van der Waals surface area contributed by atoms with Crippen LogP contribution in [0.1, 0.15) is 19.3 Å². The van der Waals surface area contributed by atoms with E-state index in [1.807, 2.05) is 0 Å². The molecule has 0 spiro atoms. The van der Waals surface area contributed by atoms with E-state index in [1.165, 1.54) is 0 Å². The van der Waals surface area contributed by atoms with Crippen molar-refractivity contribution in [2.45, 2.75) is 31.3 Å². The van der Waals surface area contributed by atoms with Crippen molar-refractivity contribution in [1.29, 1.82) is 0 Å². The molecule has 2 saturated heterocycles. The van der Waals surface area contributed by atoms with E-state index in [0.29, 0.717) is 12.5 Å². The monoisotopic (exact) mass is 284 g/mol. The molecule has 4 unspecified atom stereocenters. The third-order valence-electron chi connectivity index (χ3n) is 4.65. The van der Waals surface area contributed by atoms with Crippen molar-refractivity contribution < 1.29 is 14.7 Å². The first-order valence-electron chi connectivity index (χ1n) is 7.03. The molecule has 6 heteroatoms. The number of nitrogens with zero attached hydrogens (tertiary/aromatic N) is 1. The molecule has 0 bridgehead atoms. The van der Waals surface area contributed by atoms with E-state index >= 15 is 0 Å². The summed E-state index contributed by atoms with van der Waals surface area (Å²) < 4.78 is 0. The van der Waals surface area contributed by atoms with Crippen LogP contribution in [0.4, 0.5) is 0 Å². The number of likely N-dealkylation sites (tertiary alicyclic amines) is 1. The van der Waals surface area contributed by atoms with Gasteiger partial charge in [0.15, 0.2) is 0 Å². The Labute approximate surface area is 117 Å². The fourth-order valence-corrected chi connectivity index (χ4v) is 4.70. The average Bonchev–Trinajstić information content (AvgIpc) is 2.98. The Morgan fingerprint density at radius 2 is 2.16 bits per heavy atom. The lowest BCUT2D eigenvalue weighted by molar-refractivity contribution is -0.150. The maximum atomic E-state index is 12.5. The Bertz CT molecular complexity index is 384. The minimum atomic E-state index is -0.828. The molecular formula is C13H20N2O3S. The minimum Gasteiger partial charge on any atom is -0.480 e. The summed E-state index contributed by atoms with van der Waals surface area (Å²) >= 11 is 1.76. The van der Waals surface area contributed by atoms with Crippen LogP contribution in [0.15, 0.2) is 0 Å². The Morgan fingerprint density at radius 1 is 1.32 bits per heavy atom. The summed E-state index contributed by atoms with van der Waals surface area (Å²) in [6, 6.07) is -0.784. The number of amides is 1. The van der Waals surface area contributed by atoms with Crippen LogP contribution < -0.4 is 5.32 Å². The van der Waals surface area contributed by atoms with Gasteiger partial charge in [0.1, 0.15) is 6.04 Å². The molecular weight excluding hydrogens is 264 g/mol. The Balaban J connectivity index is 1.75. The van der Waals surface area contributed by atoms with Gasteiger partial charge in [0, 0.05) is 24.6 Å². The maximum absolute atomic E-state index is 12.5. The molecule has 3 fully saturated rings. The van der Waals surface area contributed by atoms with Crippen LogP contribution >= 0.6 is 11.8 Å². The third kappa shape index (κ3) is 2.36. The predicted octanol–water partition coefficient (Wildman–Crippen LogP) is 0.403. The van der Waals surface area contributed by atoms with Gasteiger partial charge in [-0.15, -0.1) is 0 Å². The van der Waals surface area contributed by atoms with E-state index < -0.39 is 12.0 Å². The van der Waals surface area contributed by atoms with E-state index in [4.69, 9.17) is 0 Å². The molecule has 2 N–H and O–H groups in total. The second kappa shape index (κ2) is 5.32. The number of rotatable bonds is 2. The molecule has 3 aliphatic rings. The van der Waals surface area contributed by atoms with Crippen LogP contribution in [0.2, 0.25) is 0 Å². The van der Waals surface area contributed by atoms with Crippen molar-refractivity contribution in [2.75, 3.05) is 24.6 Å². The molecule has 19 heavy (non-hydrogen) atoms. The van der Waals surface area contributed by atoms with E-state index in [9.17, 15) is 14.7 Å². The fourth-order valence-electron chi connectivity index (χ4n) is 3.77. The molecule has 106 valence electrons. The number of carboxylic acid groups (broad SMARTS) is 1. The zero-order valence-corrected chi connectivity index (χ0v) is 11.7. The van der Waals surface area contributed by atoms with Gasteiger partial charge in [-0.2, -0.15) is 11.8 Å². The number of hydrogen-bond acceptors (Lipinski definition) is 4. The second-order valence-electron chi connectivity index (χ2n) is 5.71. The fraction of sp³-hybridized carbons (Fsp3) is 0.846. The number of carbonyl (C=O) groups excluding carboxylic acids is 1.